The summed E-state index contributed by atoms with van der Waals surface area (Å²) in [6.07, 6.45) is 3.18. The molecule has 0 spiro atoms. The summed E-state index contributed by atoms with van der Waals surface area (Å²) in [6, 6.07) is 5.57. The maximum Gasteiger partial charge on any atom is 0.253 e. The monoisotopic (exact) mass is 287 g/mol. The summed E-state index contributed by atoms with van der Waals surface area (Å²) >= 11 is 0. The van der Waals surface area contributed by atoms with Gasteiger partial charge >= 0.3 is 0 Å². The van der Waals surface area contributed by atoms with Crippen LogP contribution in [0.2, 0.25) is 0 Å². The van der Waals surface area contributed by atoms with Gasteiger partial charge in [0.15, 0.2) is 0 Å². The minimum Gasteiger partial charge on any atom is -0.339 e. The summed E-state index contributed by atoms with van der Waals surface area (Å²) < 4.78 is 0. The van der Waals surface area contributed by atoms with Crippen molar-refractivity contribution >= 4 is 17.5 Å². The molecule has 0 unspecified atom stereocenters. The second-order valence-electron chi connectivity index (χ2n) is 5.89. The maximum absolute atomic E-state index is 12.6. The Kier molecular flexibility index (Phi) is 3.92. The molecule has 0 atom stereocenters. The van der Waals surface area contributed by atoms with Crippen molar-refractivity contribution in [1.82, 2.24) is 4.90 Å². The van der Waals surface area contributed by atoms with Gasteiger partial charge in [0.1, 0.15) is 0 Å². The first-order chi connectivity index (χ1) is 10.2. The molecule has 0 aliphatic carbocycles. The topological polar surface area (TPSA) is 75.4 Å². The first-order valence-corrected chi connectivity index (χ1v) is 7.59. The fraction of sp³-hybridized carbons (Fsp3) is 0.500. The third kappa shape index (κ3) is 2.93. The van der Waals surface area contributed by atoms with Crippen LogP contribution in [0.15, 0.2) is 18.2 Å². The van der Waals surface area contributed by atoms with E-state index < -0.39 is 0 Å². The maximum atomic E-state index is 12.6. The van der Waals surface area contributed by atoms with Crippen LogP contribution in [0.25, 0.3) is 0 Å². The zero-order valence-electron chi connectivity index (χ0n) is 12.1. The smallest absolute Gasteiger partial charge is 0.253 e. The minimum absolute atomic E-state index is 0.0467. The Morgan fingerprint density at radius 2 is 2.05 bits per heavy atom. The van der Waals surface area contributed by atoms with Gasteiger partial charge in [-0.3, -0.25) is 9.59 Å². The van der Waals surface area contributed by atoms with Gasteiger partial charge in [-0.05, 0) is 55.5 Å². The van der Waals surface area contributed by atoms with Crippen molar-refractivity contribution in [3.63, 3.8) is 0 Å². The van der Waals surface area contributed by atoms with Gasteiger partial charge in [-0.25, -0.2) is 0 Å². The van der Waals surface area contributed by atoms with Crippen LogP contribution >= 0.6 is 0 Å². The predicted octanol–water partition coefficient (Wildman–Crippen LogP) is 1.38. The van der Waals surface area contributed by atoms with Gasteiger partial charge in [0.2, 0.25) is 5.91 Å². The molecule has 1 aromatic carbocycles. The summed E-state index contributed by atoms with van der Waals surface area (Å²) in [6.45, 7) is 2.28. The number of nitrogens with two attached hydrogens (primary N) is 1. The molecule has 2 aliphatic rings. The number of carbonyl (C=O) groups excluding carboxylic acids is 2. The molecule has 5 heteroatoms. The SMILES string of the molecule is NCC1CCN(C(=O)c2ccc3c(c2)CCC(=O)N3)CC1. The van der Waals surface area contributed by atoms with E-state index in [4.69, 9.17) is 5.73 Å². The van der Waals surface area contributed by atoms with Crippen LogP contribution in [0, 0.1) is 5.92 Å². The van der Waals surface area contributed by atoms with E-state index in [0.29, 0.717) is 25.3 Å². The molecule has 2 aliphatic heterocycles. The van der Waals surface area contributed by atoms with E-state index in [-0.39, 0.29) is 11.8 Å². The minimum atomic E-state index is 0.0467. The lowest BCUT2D eigenvalue weighted by Crippen LogP contribution is -2.40. The molecule has 112 valence electrons. The molecule has 3 N–H and O–H groups in total. The van der Waals surface area contributed by atoms with Crippen molar-refractivity contribution < 1.29 is 9.59 Å². The number of hydrogen-bond acceptors (Lipinski definition) is 3. The third-order valence-electron chi connectivity index (χ3n) is 4.48. The van der Waals surface area contributed by atoms with E-state index in [2.05, 4.69) is 5.32 Å². The quantitative estimate of drug-likeness (QED) is 0.863. The zero-order chi connectivity index (χ0) is 14.8. The number of fused-ring (bicyclic) bond motifs is 1. The highest BCUT2D eigenvalue weighted by atomic mass is 16.2. The molecule has 21 heavy (non-hydrogen) atoms. The fourth-order valence-electron chi connectivity index (χ4n) is 3.07. The Morgan fingerprint density at radius 1 is 1.29 bits per heavy atom. The number of anilines is 1. The van der Waals surface area contributed by atoms with Crippen molar-refractivity contribution in [2.75, 3.05) is 25.0 Å². The first-order valence-electron chi connectivity index (χ1n) is 7.59. The van der Waals surface area contributed by atoms with Crippen molar-refractivity contribution in [3.05, 3.63) is 29.3 Å². The van der Waals surface area contributed by atoms with Crippen molar-refractivity contribution in [2.24, 2.45) is 11.7 Å². The number of aryl methyl sites for hydroxylation is 1. The first kappa shape index (κ1) is 14.1. The summed E-state index contributed by atoms with van der Waals surface area (Å²) in [5.41, 5.74) is 8.29. The molecular formula is C16H21N3O2. The summed E-state index contributed by atoms with van der Waals surface area (Å²) in [5, 5.41) is 2.84. The van der Waals surface area contributed by atoms with Crippen LogP contribution in [0.5, 0.6) is 0 Å². The highest BCUT2D eigenvalue weighted by molar-refractivity contribution is 5.98. The van der Waals surface area contributed by atoms with E-state index in [9.17, 15) is 9.59 Å². The molecule has 0 saturated carbocycles. The fourth-order valence-corrected chi connectivity index (χ4v) is 3.07. The van der Waals surface area contributed by atoms with E-state index >= 15 is 0 Å². The Morgan fingerprint density at radius 3 is 2.76 bits per heavy atom. The Balaban J connectivity index is 1.72. The normalized spacial score (nSPS) is 19.1. The molecule has 1 saturated heterocycles. The molecule has 1 fully saturated rings. The highest BCUT2D eigenvalue weighted by Crippen LogP contribution is 2.25. The van der Waals surface area contributed by atoms with Gasteiger partial charge in [0.25, 0.3) is 5.91 Å². The molecule has 2 amide bonds. The lowest BCUT2D eigenvalue weighted by molar-refractivity contribution is -0.116. The molecular weight excluding hydrogens is 266 g/mol. The Bertz CT molecular complexity index is 563. The van der Waals surface area contributed by atoms with Crippen LogP contribution in [0.4, 0.5) is 5.69 Å². The summed E-state index contributed by atoms with van der Waals surface area (Å²) in [5.74, 6) is 0.684. The zero-order valence-corrected chi connectivity index (χ0v) is 12.1. The van der Waals surface area contributed by atoms with Gasteiger partial charge in [-0.1, -0.05) is 0 Å². The van der Waals surface area contributed by atoms with Gasteiger partial charge in [0.05, 0.1) is 0 Å². The molecule has 0 radical (unpaired) electrons. The second kappa shape index (κ2) is 5.85. The molecule has 2 heterocycles. The van der Waals surface area contributed by atoms with Crippen LogP contribution in [-0.4, -0.2) is 36.3 Å². The van der Waals surface area contributed by atoms with E-state index in [1.54, 1.807) is 0 Å². The van der Waals surface area contributed by atoms with Crippen LogP contribution < -0.4 is 11.1 Å². The van der Waals surface area contributed by atoms with Crippen LogP contribution in [0.3, 0.4) is 0 Å². The van der Waals surface area contributed by atoms with Crippen molar-refractivity contribution in [3.8, 4) is 0 Å². The Hall–Kier alpha value is -1.88. The van der Waals surface area contributed by atoms with E-state index in [0.717, 1.165) is 42.7 Å². The van der Waals surface area contributed by atoms with Gasteiger partial charge in [0, 0.05) is 30.8 Å². The average molecular weight is 287 g/mol. The lowest BCUT2D eigenvalue weighted by atomic mass is 9.96. The largest absolute Gasteiger partial charge is 0.339 e. The van der Waals surface area contributed by atoms with E-state index in [1.807, 2.05) is 23.1 Å². The van der Waals surface area contributed by atoms with Crippen molar-refractivity contribution in [1.29, 1.82) is 0 Å². The summed E-state index contributed by atoms with van der Waals surface area (Å²) in [7, 11) is 0. The third-order valence-corrected chi connectivity index (χ3v) is 4.48. The average Bonchev–Trinajstić information content (AvgIpc) is 2.53. The van der Waals surface area contributed by atoms with Crippen LogP contribution in [0.1, 0.15) is 35.2 Å². The number of piperidine rings is 1. The number of benzene rings is 1. The second-order valence-corrected chi connectivity index (χ2v) is 5.89. The van der Waals surface area contributed by atoms with E-state index in [1.165, 1.54) is 0 Å². The lowest BCUT2D eigenvalue weighted by Gasteiger charge is -2.31. The number of amides is 2. The molecule has 5 nitrogen and oxygen atoms in total. The number of likely N-dealkylation sites (tertiary alicyclic amines) is 1. The highest BCUT2D eigenvalue weighted by Gasteiger charge is 2.24. The molecule has 0 aromatic heterocycles. The number of nitrogens with one attached hydrogen (secondary N) is 1. The Labute approximate surface area is 124 Å². The summed E-state index contributed by atoms with van der Waals surface area (Å²) in [4.78, 5) is 25.8. The van der Waals surface area contributed by atoms with Crippen molar-refractivity contribution in [2.45, 2.75) is 25.7 Å². The number of nitrogens with zero attached hydrogens (tertiary/aromatic N) is 1. The number of rotatable bonds is 2. The molecule has 0 bridgehead atoms. The van der Waals surface area contributed by atoms with Gasteiger partial charge < -0.3 is 16.0 Å². The molecule has 3 rings (SSSR count). The van der Waals surface area contributed by atoms with Crippen LogP contribution in [-0.2, 0) is 11.2 Å². The predicted molar refractivity (Wildman–Crippen MR) is 81.1 cm³/mol. The van der Waals surface area contributed by atoms with Gasteiger partial charge in [-0.15, -0.1) is 0 Å². The number of carbonyl (C=O) groups is 2. The standard InChI is InChI=1S/C16H21N3O2/c17-10-11-5-7-19(8-6-11)16(21)13-1-3-14-12(9-13)2-4-15(20)18-14/h1,3,9,11H,2,4-8,10,17H2,(H,18,20). The van der Waals surface area contributed by atoms with Gasteiger partial charge in [-0.2, -0.15) is 0 Å². The number of hydrogen-bond donors (Lipinski definition) is 2. The molecule has 1 aromatic rings.